The minimum absolute atomic E-state index is 0.0213. The summed E-state index contributed by atoms with van der Waals surface area (Å²) < 4.78 is 80.9. The molecular formula is C28H23F6N5O5. The number of ether oxygens (including phenoxy) is 1. The number of carboxylic acids is 1. The molecule has 10 nitrogen and oxygen atoms in total. The number of aliphatic carboxylic acids is 1. The number of halogens is 6. The molecule has 16 heteroatoms. The highest BCUT2D eigenvalue weighted by atomic mass is 19.4. The fraction of sp³-hybridized carbons (Fsp3) is 0.250. The van der Waals surface area contributed by atoms with Crippen molar-refractivity contribution in [3.8, 4) is 17.1 Å². The van der Waals surface area contributed by atoms with Crippen LogP contribution in [0.4, 0.5) is 26.3 Å². The third kappa shape index (κ3) is 7.62. The van der Waals surface area contributed by atoms with E-state index in [4.69, 9.17) is 30.3 Å². The van der Waals surface area contributed by atoms with Gasteiger partial charge in [0.25, 0.3) is 0 Å². The number of carboxylic acid groups (broad SMARTS) is 1. The zero-order valence-electron chi connectivity index (χ0n) is 22.4. The van der Waals surface area contributed by atoms with Gasteiger partial charge in [-0.25, -0.2) is 4.79 Å². The van der Waals surface area contributed by atoms with Crippen molar-refractivity contribution in [1.29, 1.82) is 5.41 Å². The van der Waals surface area contributed by atoms with Crippen molar-refractivity contribution in [2.45, 2.75) is 31.2 Å². The molecule has 5 rings (SSSR count). The van der Waals surface area contributed by atoms with Crippen molar-refractivity contribution in [3.05, 3.63) is 77.7 Å². The van der Waals surface area contributed by atoms with Crippen LogP contribution in [0, 0.1) is 5.41 Å². The Morgan fingerprint density at radius 1 is 1.02 bits per heavy atom. The molecular weight excluding hydrogens is 600 g/mol. The largest absolute Gasteiger partial charge is 0.490 e. The first-order valence-corrected chi connectivity index (χ1v) is 12.8. The lowest BCUT2D eigenvalue weighted by atomic mass is 10.1. The number of benzene rings is 3. The van der Waals surface area contributed by atoms with E-state index in [0.717, 1.165) is 53.4 Å². The Labute approximate surface area is 244 Å². The molecule has 0 unspecified atom stereocenters. The molecule has 4 N–H and O–H groups in total. The summed E-state index contributed by atoms with van der Waals surface area (Å²) in [7, 11) is 0. The summed E-state index contributed by atoms with van der Waals surface area (Å²) in [6.07, 6.45) is -7.87. The highest BCUT2D eigenvalue weighted by molar-refractivity contribution is 5.97. The van der Waals surface area contributed by atoms with Crippen molar-refractivity contribution < 1.29 is 50.3 Å². The molecule has 1 fully saturated rings. The number of rotatable bonds is 6. The highest BCUT2D eigenvalue weighted by Crippen LogP contribution is 2.33. The second kappa shape index (κ2) is 12.6. The van der Waals surface area contributed by atoms with E-state index in [1.54, 1.807) is 17.0 Å². The van der Waals surface area contributed by atoms with E-state index >= 15 is 0 Å². The van der Waals surface area contributed by atoms with Gasteiger partial charge in [-0.15, -0.1) is 0 Å². The number of carbonyl (C=O) groups excluding carboxylic acids is 1. The van der Waals surface area contributed by atoms with E-state index in [1.165, 1.54) is 0 Å². The average molecular weight is 624 g/mol. The molecule has 4 aromatic rings. The molecule has 44 heavy (non-hydrogen) atoms. The molecule has 232 valence electrons. The van der Waals surface area contributed by atoms with Crippen LogP contribution in [0.2, 0.25) is 0 Å². The van der Waals surface area contributed by atoms with Crippen molar-refractivity contribution in [3.63, 3.8) is 0 Å². The number of hydrogen-bond acceptors (Lipinski definition) is 7. The number of Topliss-reactive ketones (excluding diaryl/α,β-unsaturated/α-hetero) is 1. The Bertz CT molecular complexity index is 1670. The lowest BCUT2D eigenvalue weighted by Gasteiger charge is -2.21. The zero-order chi connectivity index (χ0) is 32.2. The average Bonchev–Trinajstić information content (AvgIpc) is 3.65. The van der Waals surface area contributed by atoms with Gasteiger partial charge in [0, 0.05) is 17.7 Å². The van der Waals surface area contributed by atoms with Crippen LogP contribution >= 0.6 is 0 Å². The van der Waals surface area contributed by atoms with E-state index in [-0.39, 0.29) is 24.2 Å². The van der Waals surface area contributed by atoms with Gasteiger partial charge in [0.15, 0.2) is 18.3 Å². The Morgan fingerprint density at radius 3 is 2.27 bits per heavy atom. The van der Waals surface area contributed by atoms with Gasteiger partial charge < -0.3 is 25.0 Å². The molecule has 0 amide bonds. The second-order valence-corrected chi connectivity index (χ2v) is 9.51. The van der Waals surface area contributed by atoms with Gasteiger partial charge in [-0.1, -0.05) is 35.5 Å². The van der Waals surface area contributed by atoms with Crippen LogP contribution in [0.3, 0.4) is 0 Å². The number of aromatic nitrogens is 2. The van der Waals surface area contributed by atoms with Gasteiger partial charge in [-0.05, 0) is 53.9 Å². The van der Waals surface area contributed by atoms with Crippen molar-refractivity contribution in [2.24, 2.45) is 5.73 Å². The summed E-state index contributed by atoms with van der Waals surface area (Å²) in [5.41, 5.74) is 5.74. The van der Waals surface area contributed by atoms with Crippen LogP contribution in [-0.2, 0) is 11.0 Å². The second-order valence-electron chi connectivity index (χ2n) is 9.51. The van der Waals surface area contributed by atoms with Gasteiger partial charge in [0.05, 0.1) is 5.56 Å². The number of alkyl halides is 6. The van der Waals surface area contributed by atoms with Crippen LogP contribution in [0.5, 0.6) is 5.75 Å². The number of guanidine groups is 1. The molecule has 2 heterocycles. The lowest BCUT2D eigenvalue weighted by molar-refractivity contribution is -0.192. The molecule has 1 aliphatic heterocycles. The zero-order valence-corrected chi connectivity index (χ0v) is 22.4. The minimum Gasteiger partial charge on any atom is -0.485 e. The summed E-state index contributed by atoms with van der Waals surface area (Å²) >= 11 is 0. The number of hydrogen-bond donors (Lipinski definition) is 3. The van der Waals surface area contributed by atoms with Crippen molar-refractivity contribution >= 4 is 28.5 Å². The van der Waals surface area contributed by atoms with E-state index in [0.29, 0.717) is 24.0 Å². The number of carbonyl (C=O) groups is 2. The fourth-order valence-corrected chi connectivity index (χ4v) is 4.33. The fourth-order valence-electron chi connectivity index (χ4n) is 4.33. The molecule has 0 bridgehead atoms. The molecule has 1 aliphatic rings. The monoisotopic (exact) mass is 623 g/mol. The summed E-state index contributed by atoms with van der Waals surface area (Å²) in [4.78, 5) is 27.5. The maximum absolute atomic E-state index is 12.7. The van der Waals surface area contributed by atoms with Crippen molar-refractivity contribution in [2.75, 3.05) is 13.2 Å². The summed E-state index contributed by atoms with van der Waals surface area (Å²) in [6, 6.07) is 14.7. The maximum Gasteiger partial charge on any atom is 0.490 e. The standard InChI is InChI=1S/C26H22F3N5O3.C2HF3O2/c27-26(28,29)19-8-5-15(6-9-19)22(35)14-36-20-10-7-16-12-18(4-3-17(16)13-20)23-32-24(37-33-23)21-2-1-11-34(21)25(30)31;3-2(4,5)1(6)7/h3-10,12-13,21H,1-2,11,14H2,(H3,30,31);(H,6,7)/t21-;/m0./s1. The topological polar surface area (TPSA) is 156 Å². The molecule has 0 aliphatic carbocycles. The first-order chi connectivity index (χ1) is 20.6. The highest BCUT2D eigenvalue weighted by Gasteiger charge is 2.38. The van der Waals surface area contributed by atoms with E-state index in [9.17, 15) is 31.1 Å². The number of fused-ring (bicyclic) bond motifs is 1. The third-order valence-corrected chi connectivity index (χ3v) is 6.51. The van der Waals surface area contributed by atoms with Crippen LogP contribution in [0.25, 0.3) is 22.2 Å². The van der Waals surface area contributed by atoms with Gasteiger partial charge in [0.2, 0.25) is 11.7 Å². The van der Waals surface area contributed by atoms with E-state index in [2.05, 4.69) is 10.1 Å². The first-order valence-electron chi connectivity index (χ1n) is 12.8. The lowest BCUT2D eigenvalue weighted by Crippen LogP contribution is -2.35. The van der Waals surface area contributed by atoms with Gasteiger partial charge in [0.1, 0.15) is 11.8 Å². The molecule has 1 aromatic heterocycles. The molecule has 0 radical (unpaired) electrons. The number of likely N-dealkylation sites (tertiary alicyclic amines) is 1. The minimum atomic E-state index is -5.08. The number of ketones is 1. The number of nitrogens with two attached hydrogens (primary N) is 1. The van der Waals surface area contributed by atoms with Gasteiger partial charge in [-0.2, -0.15) is 31.3 Å². The molecule has 0 saturated carbocycles. The molecule has 1 atom stereocenters. The van der Waals surface area contributed by atoms with Crippen LogP contribution < -0.4 is 10.5 Å². The molecule has 3 aromatic carbocycles. The van der Waals surface area contributed by atoms with E-state index < -0.39 is 29.7 Å². The number of nitrogens with one attached hydrogen (secondary N) is 1. The van der Waals surface area contributed by atoms with Crippen molar-refractivity contribution in [1.82, 2.24) is 15.0 Å². The predicted molar refractivity (Wildman–Crippen MR) is 143 cm³/mol. The normalized spacial score (nSPS) is 15.0. The van der Waals surface area contributed by atoms with Crippen LogP contribution in [0.15, 0.2) is 65.2 Å². The molecule has 0 spiro atoms. The van der Waals surface area contributed by atoms with E-state index in [1.807, 2.05) is 24.3 Å². The third-order valence-electron chi connectivity index (χ3n) is 6.51. The van der Waals surface area contributed by atoms with Gasteiger partial charge in [-0.3, -0.25) is 10.2 Å². The smallest absolute Gasteiger partial charge is 0.485 e. The Morgan fingerprint density at radius 2 is 1.66 bits per heavy atom. The summed E-state index contributed by atoms with van der Waals surface area (Å²) in [5, 5.41) is 20.7. The predicted octanol–water partition coefficient (Wildman–Crippen LogP) is 5.83. The van der Waals surface area contributed by atoms with Gasteiger partial charge >= 0.3 is 18.3 Å². The van der Waals surface area contributed by atoms with Crippen LogP contribution in [-0.4, -0.2) is 57.2 Å². The first kappa shape index (κ1) is 31.8. The summed E-state index contributed by atoms with van der Waals surface area (Å²) in [5.74, 6) is -1.91. The Kier molecular flexibility index (Phi) is 9.11. The SMILES string of the molecule is N=C(N)N1CCC[C@H]1c1nc(-c2ccc3cc(OCC(=O)c4ccc(C(F)(F)F)cc4)ccc3c2)no1.O=C(O)C(F)(F)F. The van der Waals surface area contributed by atoms with Crippen LogP contribution in [0.1, 0.15) is 40.7 Å². The Balaban J connectivity index is 0.000000566. The maximum atomic E-state index is 12.7. The molecule has 1 saturated heterocycles. The quantitative estimate of drug-likeness (QED) is 0.104. The number of nitrogens with zero attached hydrogens (tertiary/aromatic N) is 3. The Hall–Kier alpha value is -5.15. The summed E-state index contributed by atoms with van der Waals surface area (Å²) in [6.45, 7) is 0.368.